The molecule has 0 atom stereocenters. The Morgan fingerprint density at radius 3 is 2.56 bits per heavy atom. The van der Waals surface area contributed by atoms with E-state index in [-0.39, 0.29) is 11.7 Å². The first kappa shape index (κ1) is 20.0. The maximum atomic E-state index is 13.3. The lowest BCUT2D eigenvalue weighted by Crippen LogP contribution is -2.49. The Kier molecular flexibility index (Phi) is 5.22. The van der Waals surface area contributed by atoms with E-state index in [0.717, 1.165) is 11.1 Å². The third-order valence-electron chi connectivity index (χ3n) is 5.66. The Bertz CT molecular complexity index is 1260. The lowest BCUT2D eigenvalue weighted by molar-refractivity contribution is -0.130. The molecule has 0 bridgehead atoms. The van der Waals surface area contributed by atoms with Crippen LogP contribution in [-0.4, -0.2) is 61.9 Å². The normalized spacial score (nSPS) is 14.2. The molecular formula is C23H22FN7O. The van der Waals surface area contributed by atoms with Crippen LogP contribution >= 0.6 is 0 Å². The molecule has 9 heteroatoms. The van der Waals surface area contributed by atoms with Crippen molar-refractivity contribution in [3.05, 3.63) is 71.8 Å². The van der Waals surface area contributed by atoms with Gasteiger partial charge in [-0.3, -0.25) is 4.79 Å². The number of halogens is 1. The van der Waals surface area contributed by atoms with Gasteiger partial charge >= 0.3 is 0 Å². The molecule has 0 radical (unpaired) electrons. The predicted octanol–water partition coefficient (Wildman–Crippen LogP) is 2.55. The highest BCUT2D eigenvalue weighted by Gasteiger charge is 2.25. The van der Waals surface area contributed by atoms with Crippen LogP contribution in [0.3, 0.4) is 0 Å². The molecule has 1 amide bonds. The number of amides is 1. The molecule has 4 aromatic rings. The van der Waals surface area contributed by atoms with Crippen molar-refractivity contribution in [2.75, 3.05) is 31.1 Å². The Balaban J connectivity index is 1.31. The van der Waals surface area contributed by atoms with Gasteiger partial charge in [0.2, 0.25) is 5.91 Å². The molecule has 162 valence electrons. The van der Waals surface area contributed by atoms with Crippen LogP contribution in [0.25, 0.3) is 16.9 Å². The van der Waals surface area contributed by atoms with Crippen LogP contribution in [0.2, 0.25) is 0 Å². The summed E-state index contributed by atoms with van der Waals surface area (Å²) >= 11 is 0. The Morgan fingerprint density at radius 2 is 1.81 bits per heavy atom. The predicted molar refractivity (Wildman–Crippen MR) is 118 cm³/mol. The van der Waals surface area contributed by atoms with Gasteiger partial charge in [0.25, 0.3) is 0 Å². The molecule has 1 aliphatic rings. The van der Waals surface area contributed by atoms with Gasteiger partial charge in [0.05, 0.1) is 12.1 Å². The van der Waals surface area contributed by atoms with Crippen LogP contribution in [0.4, 0.5) is 10.2 Å². The lowest BCUT2D eigenvalue weighted by atomic mass is 10.1. The maximum absolute atomic E-state index is 13.3. The van der Waals surface area contributed by atoms with Crippen LogP contribution in [0.5, 0.6) is 0 Å². The molecule has 8 nitrogen and oxygen atoms in total. The van der Waals surface area contributed by atoms with E-state index < -0.39 is 0 Å². The van der Waals surface area contributed by atoms with Gasteiger partial charge in [0.15, 0.2) is 17.0 Å². The summed E-state index contributed by atoms with van der Waals surface area (Å²) < 4.78 is 14.8. The van der Waals surface area contributed by atoms with E-state index in [1.807, 2.05) is 30.0 Å². The van der Waals surface area contributed by atoms with Gasteiger partial charge in [-0.25, -0.2) is 14.4 Å². The summed E-state index contributed by atoms with van der Waals surface area (Å²) in [7, 11) is 0. The summed E-state index contributed by atoms with van der Waals surface area (Å²) in [6.45, 7) is 4.55. The van der Waals surface area contributed by atoms with Crippen molar-refractivity contribution in [3.63, 3.8) is 0 Å². The molecule has 2 aromatic heterocycles. The second-order valence-electron chi connectivity index (χ2n) is 7.88. The second-order valence-corrected chi connectivity index (χ2v) is 7.88. The Labute approximate surface area is 184 Å². The quantitative estimate of drug-likeness (QED) is 0.494. The zero-order chi connectivity index (χ0) is 22.1. The SMILES string of the molecule is Cc1cccc(CC(=O)N2CCN(c3ncnc4c3nnn4-c3ccc(F)cc3)CC2)c1. The minimum Gasteiger partial charge on any atom is -0.351 e. The fraction of sp³-hybridized carbons (Fsp3) is 0.261. The van der Waals surface area contributed by atoms with E-state index in [0.29, 0.717) is 55.3 Å². The first-order chi connectivity index (χ1) is 15.6. The minimum atomic E-state index is -0.316. The molecule has 0 unspecified atom stereocenters. The molecule has 5 rings (SSSR count). The van der Waals surface area contributed by atoms with Crippen LogP contribution < -0.4 is 4.90 Å². The highest BCUT2D eigenvalue weighted by Crippen LogP contribution is 2.24. The summed E-state index contributed by atoms with van der Waals surface area (Å²) in [6, 6.07) is 14.1. The summed E-state index contributed by atoms with van der Waals surface area (Å²) in [4.78, 5) is 25.5. The maximum Gasteiger partial charge on any atom is 0.227 e. The van der Waals surface area contributed by atoms with Crippen molar-refractivity contribution in [1.82, 2.24) is 29.9 Å². The van der Waals surface area contributed by atoms with E-state index in [4.69, 9.17) is 0 Å². The summed E-state index contributed by atoms with van der Waals surface area (Å²) in [5, 5.41) is 8.48. The van der Waals surface area contributed by atoms with Crippen molar-refractivity contribution in [3.8, 4) is 5.69 Å². The summed E-state index contributed by atoms with van der Waals surface area (Å²) in [5.41, 5.74) is 4.00. The molecule has 0 aliphatic carbocycles. The van der Waals surface area contributed by atoms with E-state index >= 15 is 0 Å². The number of piperazine rings is 1. The zero-order valence-electron chi connectivity index (χ0n) is 17.6. The number of hydrogen-bond donors (Lipinski definition) is 0. The molecular weight excluding hydrogens is 409 g/mol. The molecule has 0 saturated carbocycles. The van der Waals surface area contributed by atoms with E-state index in [1.165, 1.54) is 18.5 Å². The van der Waals surface area contributed by atoms with Gasteiger partial charge in [0.1, 0.15) is 12.1 Å². The molecule has 0 spiro atoms. The van der Waals surface area contributed by atoms with E-state index in [1.54, 1.807) is 16.8 Å². The van der Waals surface area contributed by atoms with Crippen LogP contribution in [-0.2, 0) is 11.2 Å². The van der Waals surface area contributed by atoms with Gasteiger partial charge in [-0.2, -0.15) is 4.68 Å². The fourth-order valence-corrected chi connectivity index (χ4v) is 4.00. The number of carbonyl (C=O) groups is 1. The summed E-state index contributed by atoms with van der Waals surface area (Å²) in [6.07, 6.45) is 1.89. The molecule has 0 N–H and O–H groups in total. The van der Waals surface area contributed by atoms with Crippen molar-refractivity contribution < 1.29 is 9.18 Å². The number of rotatable bonds is 4. The average molecular weight is 431 g/mol. The van der Waals surface area contributed by atoms with Crippen molar-refractivity contribution >= 4 is 22.9 Å². The average Bonchev–Trinajstić information content (AvgIpc) is 3.24. The van der Waals surface area contributed by atoms with E-state index in [9.17, 15) is 9.18 Å². The number of benzene rings is 2. The fourth-order valence-electron chi connectivity index (χ4n) is 4.00. The second kappa shape index (κ2) is 8.33. The highest BCUT2D eigenvalue weighted by atomic mass is 19.1. The van der Waals surface area contributed by atoms with E-state index in [2.05, 4.69) is 31.2 Å². The number of aryl methyl sites for hydroxylation is 1. The monoisotopic (exact) mass is 431 g/mol. The Hall–Kier alpha value is -3.88. The third-order valence-corrected chi connectivity index (χ3v) is 5.66. The number of nitrogens with zero attached hydrogens (tertiary/aromatic N) is 7. The van der Waals surface area contributed by atoms with Gasteiger partial charge < -0.3 is 9.80 Å². The number of carbonyl (C=O) groups excluding carboxylic acids is 1. The first-order valence-corrected chi connectivity index (χ1v) is 10.5. The van der Waals surface area contributed by atoms with Gasteiger partial charge in [-0.15, -0.1) is 5.10 Å². The van der Waals surface area contributed by atoms with Crippen LogP contribution in [0.15, 0.2) is 54.9 Å². The third kappa shape index (κ3) is 3.89. The van der Waals surface area contributed by atoms with Crippen molar-refractivity contribution in [1.29, 1.82) is 0 Å². The Morgan fingerprint density at radius 1 is 1.03 bits per heavy atom. The molecule has 3 heterocycles. The number of hydrogen-bond acceptors (Lipinski definition) is 6. The number of aromatic nitrogens is 5. The first-order valence-electron chi connectivity index (χ1n) is 10.5. The van der Waals surface area contributed by atoms with Crippen LogP contribution in [0, 0.1) is 12.7 Å². The smallest absolute Gasteiger partial charge is 0.227 e. The lowest BCUT2D eigenvalue weighted by Gasteiger charge is -2.35. The topological polar surface area (TPSA) is 80.0 Å². The van der Waals surface area contributed by atoms with Crippen molar-refractivity contribution in [2.24, 2.45) is 0 Å². The van der Waals surface area contributed by atoms with Crippen LogP contribution in [0.1, 0.15) is 11.1 Å². The minimum absolute atomic E-state index is 0.130. The molecule has 1 fully saturated rings. The highest BCUT2D eigenvalue weighted by molar-refractivity contribution is 5.84. The molecule has 1 aliphatic heterocycles. The molecule has 1 saturated heterocycles. The molecule has 32 heavy (non-hydrogen) atoms. The standard InChI is InChI=1S/C23H22FN7O/c1-16-3-2-4-17(13-16)14-20(32)29-9-11-30(12-10-29)22-21-23(26-15-25-22)31(28-27-21)19-7-5-18(24)6-8-19/h2-8,13,15H,9-12,14H2,1H3. The largest absolute Gasteiger partial charge is 0.351 e. The number of anilines is 1. The number of fused-ring (bicyclic) bond motifs is 1. The summed E-state index contributed by atoms with van der Waals surface area (Å²) in [5.74, 6) is 0.503. The zero-order valence-corrected chi connectivity index (χ0v) is 17.6. The van der Waals surface area contributed by atoms with Gasteiger partial charge in [0, 0.05) is 26.2 Å². The van der Waals surface area contributed by atoms with Gasteiger partial charge in [-0.1, -0.05) is 35.0 Å². The molecule has 2 aromatic carbocycles. The van der Waals surface area contributed by atoms with Crippen molar-refractivity contribution in [2.45, 2.75) is 13.3 Å². The van der Waals surface area contributed by atoms with Gasteiger partial charge in [-0.05, 0) is 36.8 Å².